The zero-order valence-electron chi connectivity index (χ0n) is 40.4. The number of piperazine rings is 1. The zero-order valence-corrected chi connectivity index (χ0v) is 40.4. The Hall–Kier alpha value is -1.24. The van der Waals surface area contributed by atoms with Gasteiger partial charge in [0.2, 0.25) is 0 Å². The van der Waals surface area contributed by atoms with Crippen molar-refractivity contribution >= 4 is 0 Å². The summed E-state index contributed by atoms with van der Waals surface area (Å²) in [6.45, 7) is 1.37. The minimum Gasteiger partial charge on any atom is -0.394 e. The van der Waals surface area contributed by atoms with Crippen LogP contribution in [0, 0.1) is 0 Å². The van der Waals surface area contributed by atoms with Gasteiger partial charge in [-0.25, -0.2) is 0 Å². The average molecular weight is 1080 g/mol. The van der Waals surface area contributed by atoms with Crippen LogP contribution in [0.15, 0.2) is 0 Å². The quantitative estimate of drug-likeness (QED) is 0.107. The molecule has 23 rings (SSSR count). The van der Waals surface area contributed by atoms with Crippen LogP contribution in [0.1, 0.15) is 13.8 Å². The van der Waals surface area contributed by atoms with Gasteiger partial charge in [-0.2, -0.15) is 0 Å². The van der Waals surface area contributed by atoms with Gasteiger partial charge in [0.25, 0.3) is 0 Å². The summed E-state index contributed by atoms with van der Waals surface area (Å²) in [6.07, 6.45) is -57.0. The number of aliphatic hydroxyl groups excluding tert-OH is 17. The van der Waals surface area contributed by atoms with Gasteiger partial charge in [0, 0.05) is 38.8 Å². The van der Waals surface area contributed by atoms with Crippen LogP contribution in [0.5, 0.6) is 0 Å². The molecule has 30 atom stereocenters. The molecule has 31 nitrogen and oxygen atoms in total. The Bertz CT molecular complexity index is 1730. The first kappa shape index (κ1) is 58.9. The average Bonchev–Trinajstić information content (AvgIpc) is 3.39. The van der Waals surface area contributed by atoms with Crippen LogP contribution in [0.2, 0.25) is 0 Å². The van der Waals surface area contributed by atoms with E-state index in [9.17, 15) is 86.8 Å². The van der Waals surface area contributed by atoms with Crippen LogP contribution in [0.4, 0.5) is 0 Å². The van der Waals surface area contributed by atoms with Crippen LogP contribution >= 0.6 is 0 Å². The largest absolute Gasteiger partial charge is 0.394 e. The van der Waals surface area contributed by atoms with Gasteiger partial charge in [0.05, 0.1) is 33.0 Å². The highest BCUT2D eigenvalue weighted by Crippen LogP contribution is 2.38. The number of ether oxygens (including phenoxy) is 12. The second-order valence-corrected chi connectivity index (χ2v) is 20.1. The van der Waals surface area contributed by atoms with Crippen molar-refractivity contribution in [3.63, 3.8) is 0 Å². The molecule has 0 aromatic heterocycles. The van der Waals surface area contributed by atoms with E-state index in [0.29, 0.717) is 26.2 Å². The Morgan fingerprint density at radius 1 is 0.297 bits per heavy atom. The maximum Gasteiger partial charge on any atom is 0.187 e. The molecule has 0 aromatic rings. The SMILES string of the molecule is CC(C)N1CCN(CC2OC3OC4C(CO)OC(OC5C(CO)OC(OC6C(CO)OC(OC7C(CO)OC(OC8C(CO)OC(OC2C(O)C3O)C(O)C8O)C(O)C7O)C(O)C6O)C(O)C5O)C(O)C4O)CC1. The normalized spacial score (nSPS) is 52.5. The molecule has 23 saturated heterocycles. The lowest BCUT2D eigenvalue weighted by Gasteiger charge is -2.51. The molecular formula is C43H74N2O29. The maximum atomic E-state index is 11.8. The van der Waals surface area contributed by atoms with E-state index in [0.717, 1.165) is 0 Å². The summed E-state index contributed by atoms with van der Waals surface area (Å²) in [5.74, 6) is 0. The smallest absolute Gasteiger partial charge is 0.187 e. The van der Waals surface area contributed by atoms with E-state index in [2.05, 4.69) is 4.90 Å². The van der Waals surface area contributed by atoms with Crippen molar-refractivity contribution in [2.75, 3.05) is 65.8 Å². The first-order valence-corrected chi connectivity index (χ1v) is 24.8. The Balaban J connectivity index is 1.10. The third-order valence-corrected chi connectivity index (χ3v) is 15.1. The first-order chi connectivity index (χ1) is 35.2. The topological polar surface area (TPSA) is 461 Å². The fourth-order valence-electron chi connectivity index (χ4n) is 10.6. The molecular weight excluding hydrogens is 1010 g/mol. The molecule has 23 aliphatic heterocycles. The lowest BCUT2D eigenvalue weighted by molar-refractivity contribution is -0.403. The van der Waals surface area contributed by atoms with Crippen molar-refractivity contribution in [1.29, 1.82) is 0 Å². The van der Waals surface area contributed by atoms with Crippen molar-refractivity contribution in [1.82, 2.24) is 9.80 Å². The van der Waals surface area contributed by atoms with Crippen LogP contribution < -0.4 is 0 Å². The Morgan fingerprint density at radius 2 is 0.500 bits per heavy atom. The van der Waals surface area contributed by atoms with Crippen LogP contribution in [0.25, 0.3) is 0 Å². The van der Waals surface area contributed by atoms with E-state index < -0.39 is 217 Å². The highest BCUT2D eigenvalue weighted by atomic mass is 16.8. The number of aliphatic hydroxyl groups is 17. The molecule has 23 fully saturated rings. The molecule has 0 aromatic carbocycles. The minimum atomic E-state index is -2.14. The highest BCUT2D eigenvalue weighted by molar-refractivity contribution is 5.01. The molecule has 74 heavy (non-hydrogen) atoms. The van der Waals surface area contributed by atoms with Gasteiger partial charge < -0.3 is 144 Å². The lowest BCUT2D eigenvalue weighted by Crippen LogP contribution is -2.69. The van der Waals surface area contributed by atoms with E-state index in [1.54, 1.807) is 0 Å². The summed E-state index contributed by atoms with van der Waals surface area (Å²) in [5.41, 5.74) is 0. The lowest BCUT2D eigenvalue weighted by atomic mass is 9.94. The second kappa shape index (κ2) is 25.1. The molecule has 0 spiro atoms. The van der Waals surface area contributed by atoms with Gasteiger partial charge in [-0.3, -0.25) is 9.80 Å². The van der Waals surface area contributed by atoms with E-state index >= 15 is 0 Å². The van der Waals surface area contributed by atoms with Crippen molar-refractivity contribution in [3.05, 3.63) is 0 Å². The van der Waals surface area contributed by atoms with E-state index in [-0.39, 0.29) is 12.6 Å². The maximum absolute atomic E-state index is 11.8. The number of nitrogens with zero attached hydrogens (tertiary/aromatic N) is 2. The molecule has 23 aliphatic rings. The Kier molecular flexibility index (Phi) is 19.9. The van der Waals surface area contributed by atoms with Gasteiger partial charge in [0.15, 0.2) is 37.7 Å². The number of rotatable bonds is 8. The molecule has 12 bridgehead atoms. The second-order valence-electron chi connectivity index (χ2n) is 20.1. The summed E-state index contributed by atoms with van der Waals surface area (Å²) in [4.78, 5) is 4.17. The number of hydrogen-bond donors (Lipinski definition) is 17. The van der Waals surface area contributed by atoms with Crippen LogP contribution in [0.3, 0.4) is 0 Å². The van der Waals surface area contributed by atoms with Gasteiger partial charge in [0.1, 0.15) is 146 Å². The fourth-order valence-corrected chi connectivity index (χ4v) is 10.6. The van der Waals surface area contributed by atoms with Gasteiger partial charge in [-0.15, -0.1) is 0 Å². The molecule has 0 radical (unpaired) electrons. The molecule has 430 valence electrons. The third-order valence-electron chi connectivity index (χ3n) is 15.1. The summed E-state index contributed by atoms with van der Waals surface area (Å²) < 4.78 is 70.2. The van der Waals surface area contributed by atoms with Gasteiger partial charge >= 0.3 is 0 Å². The molecule has 0 amide bonds. The van der Waals surface area contributed by atoms with Crippen molar-refractivity contribution < 1.29 is 144 Å². The van der Waals surface area contributed by atoms with E-state index in [1.807, 2.05) is 18.7 Å². The Labute approximate surface area is 422 Å². The highest BCUT2D eigenvalue weighted by Gasteiger charge is 2.59. The monoisotopic (exact) mass is 1080 g/mol. The van der Waals surface area contributed by atoms with Gasteiger partial charge in [-0.1, -0.05) is 0 Å². The van der Waals surface area contributed by atoms with Crippen molar-refractivity contribution in [2.24, 2.45) is 0 Å². The summed E-state index contributed by atoms with van der Waals surface area (Å²) in [7, 11) is 0. The zero-order chi connectivity index (χ0) is 53.6. The van der Waals surface area contributed by atoms with E-state index in [1.165, 1.54) is 0 Å². The molecule has 0 saturated carbocycles. The predicted molar refractivity (Wildman–Crippen MR) is 232 cm³/mol. The molecule has 0 aliphatic carbocycles. The molecule has 31 heteroatoms. The fraction of sp³-hybridized carbons (Fsp3) is 1.00. The predicted octanol–water partition coefficient (Wildman–Crippen LogP) is -12.0. The first-order valence-electron chi connectivity index (χ1n) is 24.8. The standard InChI is InChI=1S/C43H74N2O29/c1-13(2)45-5-3-44(4-6-45)7-14-32-20(51)26(57)38(63-14)70-33-15(8-46)65-40(28(59)22(33)53)72-35-17(10-48)67-42(30(61)24(35)55)74-37-19(12-50)68-43(31(62)25(37)56)73-36-18(11-49)66-41(29(60)23(36)54)71-34-16(9-47)64-39(69-32)27(58)21(34)52/h13-43,46-62H,3-12H2,1-2H3. The van der Waals surface area contributed by atoms with E-state index in [4.69, 9.17) is 56.8 Å². The van der Waals surface area contributed by atoms with Crippen LogP contribution in [-0.4, -0.2) is 353 Å². The molecule has 23 heterocycles. The third kappa shape index (κ3) is 11.8. The minimum absolute atomic E-state index is 0.0346. The number of hydrogen-bond acceptors (Lipinski definition) is 31. The summed E-state index contributed by atoms with van der Waals surface area (Å²) in [6, 6.07) is 0.221. The van der Waals surface area contributed by atoms with Crippen LogP contribution in [-0.2, 0) is 56.8 Å². The summed E-state index contributed by atoms with van der Waals surface area (Å²) >= 11 is 0. The van der Waals surface area contributed by atoms with Gasteiger partial charge in [-0.05, 0) is 13.8 Å². The van der Waals surface area contributed by atoms with Crippen molar-refractivity contribution in [2.45, 2.75) is 204 Å². The Morgan fingerprint density at radius 3 is 0.703 bits per heavy atom. The molecule has 30 unspecified atom stereocenters. The molecule has 17 N–H and O–H groups in total. The summed E-state index contributed by atoms with van der Waals surface area (Å²) in [5, 5.41) is 189. The van der Waals surface area contributed by atoms with Crippen molar-refractivity contribution in [3.8, 4) is 0 Å².